The molecule has 55 heavy (non-hydrogen) atoms. The molecule has 2 aromatic rings. The molecule has 1 aliphatic rings. The number of amides is 1. The minimum absolute atomic E-state index is 0.0380. The second kappa shape index (κ2) is 20.8. The van der Waals surface area contributed by atoms with Crippen LogP contribution in [0, 0.1) is 16.7 Å². The van der Waals surface area contributed by atoms with E-state index in [2.05, 4.69) is 40.8 Å². The molecule has 0 aliphatic carbocycles. The number of carbonyl (C=O) groups is 2. The van der Waals surface area contributed by atoms with Gasteiger partial charge in [-0.05, 0) is 60.2 Å². The lowest BCUT2D eigenvalue weighted by molar-refractivity contribution is -0.301. The van der Waals surface area contributed by atoms with Gasteiger partial charge < -0.3 is 54.5 Å². The van der Waals surface area contributed by atoms with Gasteiger partial charge in [0.25, 0.3) is 5.91 Å². The summed E-state index contributed by atoms with van der Waals surface area (Å²) in [6, 6.07) is 11.5. The van der Waals surface area contributed by atoms with Gasteiger partial charge in [0.05, 0.1) is 45.3 Å². The van der Waals surface area contributed by atoms with Gasteiger partial charge in [0, 0.05) is 23.4 Å². The van der Waals surface area contributed by atoms with Crippen LogP contribution < -0.4 is 5.32 Å². The Labute approximate surface area is 321 Å². The lowest BCUT2D eigenvalue weighted by atomic mass is 9.73. The van der Waals surface area contributed by atoms with Crippen LogP contribution in [0.1, 0.15) is 63.9 Å². The fourth-order valence-corrected chi connectivity index (χ4v) is 6.05. The van der Waals surface area contributed by atoms with Gasteiger partial charge in [-0.2, -0.15) is 5.11 Å². The van der Waals surface area contributed by atoms with Crippen molar-refractivity contribution in [2.45, 2.75) is 85.1 Å². The third-order valence-electron chi connectivity index (χ3n) is 8.38. The van der Waals surface area contributed by atoms with E-state index in [1.165, 1.54) is 0 Å². The number of Topliss-reactive ketones (excluding diaryl/α,β-unsaturated/α-hetero) is 1. The number of carbonyl (C=O) groups excluding carboxylic acids is 2. The predicted octanol–water partition coefficient (Wildman–Crippen LogP) is 3.71. The zero-order chi connectivity index (χ0) is 41.0. The molecule has 1 amide bonds. The number of hydrogen-bond acceptors (Lipinski definition) is 14. The highest BCUT2D eigenvalue weighted by Crippen LogP contribution is 2.37. The number of phenols is 1. The quantitative estimate of drug-likeness (QED) is 0.0573. The summed E-state index contributed by atoms with van der Waals surface area (Å²) < 4.78 is 36.7. The topological polar surface area (TPSA) is 255 Å². The standard InChI is InChI=1S/C37H56N3O14P/c1-36(2,3)21-25(33(45)37(4,5)6)19-23-7-12-28(41)27(20-23)40-39-26-10-8-24(9-11-26)34(46)38-13-14-50-15-16-51-17-18-52-35-32(44)31(43)30(42)29(54-35)22-53-55(47,48)49/h7-12,20,25,29-32,35,41-44H,13-19,21-22H2,1-6H3,(H,38,46)(H2,47,48,49)/t25?,29?,30-,31?,32-,35+/m1/s1. The van der Waals surface area contributed by atoms with Crippen molar-refractivity contribution in [1.29, 1.82) is 0 Å². The van der Waals surface area contributed by atoms with Gasteiger partial charge in [-0.3, -0.25) is 14.1 Å². The SMILES string of the molecule is CC(C)(C)CC(Cc1ccc(O)c(N=Nc2ccc(C(=O)NCCOCCOCCO[C@H]3OC(COP(=O)(O)O)[C@@H](O)C(O)[C@H]3O)cc2)c1)C(=O)C(C)(C)C. The lowest BCUT2D eigenvalue weighted by Gasteiger charge is -2.40. The Balaban J connectivity index is 1.36. The summed E-state index contributed by atoms with van der Waals surface area (Å²) in [5.41, 5.74) is 1.50. The molecule has 0 radical (unpaired) electrons. The third-order valence-corrected chi connectivity index (χ3v) is 8.87. The summed E-state index contributed by atoms with van der Waals surface area (Å²) in [5, 5.41) is 51.7. The summed E-state index contributed by atoms with van der Waals surface area (Å²) in [6.45, 7) is 12.2. The van der Waals surface area contributed by atoms with E-state index in [9.17, 15) is 34.6 Å². The van der Waals surface area contributed by atoms with E-state index in [0.717, 1.165) is 12.0 Å². The summed E-state index contributed by atoms with van der Waals surface area (Å²) in [7, 11) is -4.85. The number of phosphoric acid groups is 1. The van der Waals surface area contributed by atoms with Crippen molar-refractivity contribution >= 4 is 30.9 Å². The number of nitrogens with zero attached hydrogens (tertiary/aromatic N) is 2. The Bertz CT molecular complexity index is 1610. The van der Waals surface area contributed by atoms with Crippen LogP contribution in [0.2, 0.25) is 0 Å². The maximum atomic E-state index is 13.3. The zero-order valence-corrected chi connectivity index (χ0v) is 33.1. The molecule has 1 saturated heterocycles. The average Bonchev–Trinajstić information content (AvgIpc) is 3.10. The van der Waals surface area contributed by atoms with Crippen LogP contribution in [0.5, 0.6) is 5.75 Å². The Morgan fingerprint density at radius 3 is 2.13 bits per heavy atom. The fourth-order valence-electron chi connectivity index (χ4n) is 5.71. The molecule has 2 aromatic carbocycles. The monoisotopic (exact) mass is 797 g/mol. The number of nitrogens with one attached hydrogen (secondary N) is 1. The number of azo groups is 1. The molecule has 0 spiro atoms. The molecule has 17 nitrogen and oxygen atoms in total. The smallest absolute Gasteiger partial charge is 0.469 e. The van der Waals surface area contributed by atoms with Crippen LogP contribution in [0.15, 0.2) is 52.7 Å². The Hall–Kier alpha value is -3.19. The van der Waals surface area contributed by atoms with E-state index < -0.39 is 50.6 Å². The molecule has 7 N–H and O–H groups in total. The van der Waals surface area contributed by atoms with E-state index in [0.29, 0.717) is 17.7 Å². The number of phenolic OH excluding ortho intramolecular Hbond substituents is 1. The number of aliphatic hydroxyl groups excluding tert-OH is 3. The molecule has 1 heterocycles. The second-order valence-corrected chi connectivity index (χ2v) is 16.7. The maximum Gasteiger partial charge on any atom is 0.469 e. The zero-order valence-electron chi connectivity index (χ0n) is 32.2. The number of rotatable bonds is 20. The Morgan fingerprint density at radius 2 is 1.51 bits per heavy atom. The highest BCUT2D eigenvalue weighted by molar-refractivity contribution is 7.46. The highest BCUT2D eigenvalue weighted by atomic mass is 31.2. The van der Waals surface area contributed by atoms with Gasteiger partial charge in [-0.25, -0.2) is 4.57 Å². The lowest BCUT2D eigenvalue weighted by Crippen LogP contribution is -2.59. The first kappa shape index (κ1) is 46.2. The van der Waals surface area contributed by atoms with Gasteiger partial charge in [-0.15, -0.1) is 5.11 Å². The molecule has 308 valence electrons. The summed E-state index contributed by atoms with van der Waals surface area (Å²) in [5.74, 6) is -0.355. The van der Waals surface area contributed by atoms with Gasteiger partial charge in [0.2, 0.25) is 0 Å². The first-order valence-electron chi connectivity index (χ1n) is 18.0. The Morgan fingerprint density at radius 1 is 0.873 bits per heavy atom. The number of ether oxygens (including phenoxy) is 4. The molecule has 1 fully saturated rings. The van der Waals surface area contributed by atoms with Crippen molar-refractivity contribution < 1.29 is 67.8 Å². The molecule has 0 bridgehead atoms. The third kappa shape index (κ3) is 16.1. The number of benzene rings is 2. The van der Waals surface area contributed by atoms with E-state index >= 15 is 0 Å². The van der Waals surface area contributed by atoms with Crippen LogP contribution in [0.3, 0.4) is 0 Å². The number of aromatic hydroxyl groups is 1. The van der Waals surface area contributed by atoms with Gasteiger partial charge in [-0.1, -0.05) is 47.6 Å². The normalized spacial score (nSPS) is 21.5. The van der Waals surface area contributed by atoms with Gasteiger partial charge >= 0.3 is 7.82 Å². The molecule has 18 heteroatoms. The highest BCUT2D eigenvalue weighted by Gasteiger charge is 2.45. The summed E-state index contributed by atoms with van der Waals surface area (Å²) in [6.07, 6.45) is -6.50. The molecule has 1 aliphatic heterocycles. The van der Waals surface area contributed by atoms with E-state index in [1.807, 2.05) is 20.8 Å². The summed E-state index contributed by atoms with van der Waals surface area (Å²) >= 11 is 0. The van der Waals surface area contributed by atoms with Crippen molar-refractivity contribution in [3.63, 3.8) is 0 Å². The van der Waals surface area contributed by atoms with Crippen LogP contribution in [-0.2, 0) is 39.3 Å². The second-order valence-electron chi connectivity index (χ2n) is 15.5. The van der Waals surface area contributed by atoms with Gasteiger partial charge in [0.1, 0.15) is 41.6 Å². The molecule has 3 unspecified atom stereocenters. The van der Waals surface area contributed by atoms with Crippen LogP contribution in [-0.4, -0.2) is 119 Å². The number of hydrogen-bond donors (Lipinski definition) is 7. The van der Waals surface area contributed by atoms with Crippen LogP contribution in [0.4, 0.5) is 11.4 Å². The van der Waals surface area contributed by atoms with Crippen molar-refractivity contribution in [2.75, 3.05) is 46.2 Å². The van der Waals surface area contributed by atoms with E-state index in [4.69, 9.17) is 28.7 Å². The molecule has 3 rings (SSSR count). The fraction of sp³-hybridized carbons (Fsp3) is 0.622. The van der Waals surface area contributed by atoms with Crippen molar-refractivity contribution in [3.8, 4) is 5.75 Å². The van der Waals surface area contributed by atoms with Crippen molar-refractivity contribution in [3.05, 3.63) is 53.6 Å². The predicted molar refractivity (Wildman–Crippen MR) is 199 cm³/mol. The van der Waals surface area contributed by atoms with Gasteiger partial charge in [0.15, 0.2) is 6.29 Å². The first-order valence-corrected chi connectivity index (χ1v) is 19.5. The molecule has 6 atom stereocenters. The molecular formula is C37H56N3O14P. The number of aliphatic hydroxyl groups is 3. The largest absolute Gasteiger partial charge is 0.506 e. The van der Waals surface area contributed by atoms with Crippen LogP contribution in [0.25, 0.3) is 0 Å². The van der Waals surface area contributed by atoms with E-state index in [1.54, 1.807) is 42.5 Å². The molecule has 0 saturated carbocycles. The number of ketones is 1. The number of phosphoric ester groups is 1. The first-order chi connectivity index (χ1) is 25.6. The minimum atomic E-state index is -4.85. The molecule has 0 aromatic heterocycles. The minimum Gasteiger partial charge on any atom is -0.506 e. The average molecular weight is 798 g/mol. The Kier molecular flexibility index (Phi) is 17.5. The molecular weight excluding hydrogens is 741 g/mol. The summed E-state index contributed by atoms with van der Waals surface area (Å²) in [4.78, 5) is 43.5. The van der Waals surface area contributed by atoms with Crippen LogP contribution >= 0.6 is 7.82 Å². The van der Waals surface area contributed by atoms with Crippen molar-refractivity contribution in [2.24, 2.45) is 27.0 Å². The maximum absolute atomic E-state index is 13.3. The van der Waals surface area contributed by atoms with E-state index in [-0.39, 0.29) is 74.0 Å². The van der Waals surface area contributed by atoms with Crippen molar-refractivity contribution in [1.82, 2.24) is 5.32 Å².